The molecule has 4 rings (SSSR count). The molecular formula is C21H28N4O4S. The summed E-state index contributed by atoms with van der Waals surface area (Å²) in [4.78, 5) is 35.2. The number of piperazine rings is 1. The van der Waals surface area contributed by atoms with Gasteiger partial charge < -0.3 is 14.7 Å². The molecule has 8 nitrogen and oxygen atoms in total. The van der Waals surface area contributed by atoms with E-state index in [-0.39, 0.29) is 22.8 Å². The Labute approximate surface area is 177 Å². The summed E-state index contributed by atoms with van der Waals surface area (Å²) >= 11 is 0. The molecule has 1 saturated heterocycles. The Morgan fingerprint density at radius 1 is 1.10 bits per heavy atom. The molecule has 0 aromatic carbocycles. The van der Waals surface area contributed by atoms with E-state index in [4.69, 9.17) is 0 Å². The van der Waals surface area contributed by atoms with Crippen LogP contribution < -0.4 is 0 Å². The Bertz CT molecular complexity index is 968. The number of pyridine rings is 1. The number of nitrogens with zero attached hydrogens (tertiary/aromatic N) is 4. The minimum Gasteiger partial charge on any atom is -0.370 e. The molecule has 2 amide bonds. The standard InChI is InChI=1S/C21H28N4O4S/c1-23-17-9-4-3-7-15(17)18(19(21(23)27)30(2,28)29)24-11-13-25(14-12-24)20(26)16-8-5-6-10-22-16/h5-6,8,10,15,17H,3-4,7,9,11-14H2,1-2H3. The minimum absolute atomic E-state index is 0.0317. The van der Waals surface area contributed by atoms with Gasteiger partial charge in [-0.05, 0) is 25.0 Å². The van der Waals surface area contributed by atoms with Crippen molar-refractivity contribution < 1.29 is 18.0 Å². The average Bonchev–Trinajstić information content (AvgIpc) is 2.75. The first-order valence-electron chi connectivity index (χ1n) is 10.5. The Kier molecular flexibility index (Phi) is 5.57. The van der Waals surface area contributed by atoms with Crippen LogP contribution in [0.2, 0.25) is 0 Å². The highest BCUT2D eigenvalue weighted by Crippen LogP contribution is 2.41. The van der Waals surface area contributed by atoms with Crippen LogP contribution in [0.15, 0.2) is 35.0 Å². The van der Waals surface area contributed by atoms with Crippen molar-refractivity contribution in [3.05, 3.63) is 40.7 Å². The van der Waals surface area contributed by atoms with E-state index >= 15 is 0 Å². The summed E-state index contributed by atoms with van der Waals surface area (Å²) in [6.07, 6.45) is 6.57. The molecular weight excluding hydrogens is 404 g/mol. The third kappa shape index (κ3) is 3.71. The zero-order valence-electron chi connectivity index (χ0n) is 17.5. The van der Waals surface area contributed by atoms with Gasteiger partial charge in [0.2, 0.25) is 0 Å². The third-order valence-corrected chi connectivity index (χ3v) is 7.61. The molecule has 1 aromatic heterocycles. The van der Waals surface area contributed by atoms with Gasteiger partial charge in [0, 0.05) is 63.3 Å². The number of amides is 2. The second kappa shape index (κ2) is 8.02. The second-order valence-corrected chi connectivity index (χ2v) is 10.3. The summed E-state index contributed by atoms with van der Waals surface area (Å²) in [5.41, 5.74) is 1.08. The monoisotopic (exact) mass is 432 g/mol. The second-order valence-electron chi connectivity index (χ2n) is 8.36. The van der Waals surface area contributed by atoms with Crippen LogP contribution in [-0.4, -0.2) is 85.4 Å². The lowest BCUT2D eigenvalue weighted by molar-refractivity contribution is -0.130. The Morgan fingerprint density at radius 2 is 1.80 bits per heavy atom. The highest BCUT2D eigenvalue weighted by Gasteiger charge is 2.46. The lowest BCUT2D eigenvalue weighted by Gasteiger charge is -2.48. The first-order chi connectivity index (χ1) is 14.3. The molecule has 0 radical (unpaired) electrons. The number of aromatic nitrogens is 1. The fourth-order valence-corrected chi connectivity index (χ4v) is 6.13. The van der Waals surface area contributed by atoms with Gasteiger partial charge in [0.25, 0.3) is 11.8 Å². The van der Waals surface area contributed by atoms with E-state index < -0.39 is 15.7 Å². The Morgan fingerprint density at radius 3 is 2.43 bits per heavy atom. The van der Waals surface area contributed by atoms with E-state index in [9.17, 15) is 18.0 Å². The summed E-state index contributed by atoms with van der Waals surface area (Å²) in [6.45, 7) is 1.95. The summed E-state index contributed by atoms with van der Waals surface area (Å²) in [5.74, 6) is -0.491. The maximum absolute atomic E-state index is 13.0. The molecule has 2 unspecified atom stereocenters. The largest absolute Gasteiger partial charge is 0.370 e. The van der Waals surface area contributed by atoms with Crippen molar-refractivity contribution in [3.63, 3.8) is 0 Å². The molecule has 3 heterocycles. The number of rotatable bonds is 3. The van der Waals surface area contributed by atoms with Crippen molar-refractivity contribution in [2.75, 3.05) is 39.5 Å². The number of carbonyl (C=O) groups is 2. The van der Waals surface area contributed by atoms with Crippen LogP contribution in [0.25, 0.3) is 0 Å². The first-order valence-corrected chi connectivity index (χ1v) is 12.3. The van der Waals surface area contributed by atoms with Crippen LogP contribution in [0, 0.1) is 5.92 Å². The molecule has 162 valence electrons. The smallest absolute Gasteiger partial charge is 0.272 e. The van der Waals surface area contributed by atoms with E-state index in [0.717, 1.165) is 31.9 Å². The fraction of sp³-hybridized carbons (Fsp3) is 0.571. The predicted octanol–water partition coefficient (Wildman–Crippen LogP) is 1.13. The van der Waals surface area contributed by atoms with Crippen molar-refractivity contribution in [2.24, 2.45) is 5.92 Å². The maximum Gasteiger partial charge on any atom is 0.272 e. The van der Waals surface area contributed by atoms with Crippen molar-refractivity contribution in [1.82, 2.24) is 19.7 Å². The molecule has 9 heteroatoms. The minimum atomic E-state index is -3.67. The van der Waals surface area contributed by atoms with E-state index in [0.29, 0.717) is 37.6 Å². The SMILES string of the molecule is CN1C(=O)C(S(C)(=O)=O)=C(N2CCN(C(=O)c3ccccn3)CC2)C2CCCCC21. The molecule has 0 spiro atoms. The molecule has 2 aliphatic heterocycles. The van der Waals surface area contributed by atoms with Gasteiger partial charge in [-0.15, -0.1) is 0 Å². The summed E-state index contributed by atoms with van der Waals surface area (Å²) in [5, 5.41) is 0. The van der Waals surface area contributed by atoms with Crippen LogP contribution in [0.1, 0.15) is 36.2 Å². The van der Waals surface area contributed by atoms with Crippen LogP contribution in [0.4, 0.5) is 0 Å². The van der Waals surface area contributed by atoms with E-state index in [2.05, 4.69) is 4.98 Å². The van der Waals surface area contributed by atoms with Gasteiger partial charge in [0.05, 0.1) is 0 Å². The van der Waals surface area contributed by atoms with Gasteiger partial charge in [0.1, 0.15) is 5.69 Å². The van der Waals surface area contributed by atoms with E-state index in [1.807, 2.05) is 4.90 Å². The van der Waals surface area contributed by atoms with Gasteiger partial charge in [0.15, 0.2) is 14.7 Å². The van der Waals surface area contributed by atoms with Crippen molar-refractivity contribution in [2.45, 2.75) is 31.7 Å². The Balaban J connectivity index is 1.62. The fourth-order valence-electron chi connectivity index (χ4n) is 5.01. The lowest BCUT2D eigenvalue weighted by atomic mass is 9.78. The quantitative estimate of drug-likeness (QED) is 0.711. The number of likely N-dealkylation sites (N-methyl/N-ethyl adjacent to an activating group) is 1. The third-order valence-electron chi connectivity index (χ3n) is 6.49. The summed E-state index contributed by atoms with van der Waals surface area (Å²) in [7, 11) is -1.95. The van der Waals surface area contributed by atoms with Gasteiger partial charge >= 0.3 is 0 Å². The molecule has 0 N–H and O–H groups in total. The normalized spacial score (nSPS) is 25.4. The molecule has 1 aromatic rings. The topological polar surface area (TPSA) is 90.9 Å². The molecule has 3 aliphatic rings. The molecule has 0 bridgehead atoms. The van der Waals surface area contributed by atoms with E-state index in [1.54, 1.807) is 41.2 Å². The number of hydrogen-bond acceptors (Lipinski definition) is 6. The average molecular weight is 433 g/mol. The van der Waals surface area contributed by atoms with Crippen LogP contribution in [0.5, 0.6) is 0 Å². The predicted molar refractivity (Wildman–Crippen MR) is 112 cm³/mol. The zero-order valence-corrected chi connectivity index (χ0v) is 18.3. The van der Waals surface area contributed by atoms with Gasteiger partial charge in [-0.1, -0.05) is 18.9 Å². The molecule has 30 heavy (non-hydrogen) atoms. The molecule has 2 atom stereocenters. The lowest BCUT2D eigenvalue weighted by Crippen LogP contribution is -2.56. The van der Waals surface area contributed by atoms with E-state index in [1.165, 1.54) is 0 Å². The Hall–Kier alpha value is -2.42. The highest BCUT2D eigenvalue weighted by atomic mass is 32.2. The highest BCUT2D eigenvalue weighted by molar-refractivity contribution is 7.95. The summed E-state index contributed by atoms with van der Waals surface area (Å²) in [6, 6.07) is 5.29. The number of fused-ring (bicyclic) bond motifs is 1. The zero-order chi connectivity index (χ0) is 21.5. The number of hydrogen-bond donors (Lipinski definition) is 0. The maximum atomic E-state index is 13.0. The first kappa shape index (κ1) is 20.8. The van der Waals surface area contributed by atoms with Crippen LogP contribution >= 0.6 is 0 Å². The van der Waals surface area contributed by atoms with Crippen molar-refractivity contribution in [3.8, 4) is 0 Å². The summed E-state index contributed by atoms with van der Waals surface area (Å²) < 4.78 is 25.2. The molecule has 1 saturated carbocycles. The number of sulfone groups is 1. The van der Waals surface area contributed by atoms with Gasteiger partial charge in [-0.3, -0.25) is 14.6 Å². The van der Waals surface area contributed by atoms with Crippen molar-refractivity contribution in [1.29, 1.82) is 0 Å². The van der Waals surface area contributed by atoms with Crippen LogP contribution in [0.3, 0.4) is 0 Å². The van der Waals surface area contributed by atoms with Crippen LogP contribution in [-0.2, 0) is 14.6 Å². The van der Waals surface area contributed by atoms with Gasteiger partial charge in [-0.25, -0.2) is 8.42 Å². The van der Waals surface area contributed by atoms with Gasteiger partial charge in [-0.2, -0.15) is 0 Å². The number of carbonyl (C=O) groups excluding carboxylic acids is 2. The van der Waals surface area contributed by atoms with Crippen molar-refractivity contribution >= 4 is 21.7 Å². The molecule has 2 fully saturated rings. The molecule has 1 aliphatic carbocycles.